The number of nitrogens with zero attached hydrogens (tertiary/aromatic N) is 1. The van der Waals surface area contributed by atoms with E-state index in [4.69, 9.17) is 0 Å². The second-order valence-corrected chi connectivity index (χ2v) is 2.98. The van der Waals surface area contributed by atoms with E-state index in [2.05, 4.69) is 11.1 Å². The zero-order valence-corrected chi connectivity index (χ0v) is 6.92. The van der Waals surface area contributed by atoms with E-state index in [1.165, 1.54) is 3.57 Å². The SMILES string of the molecule is Cc1cc([IH+])ccn1. The van der Waals surface area contributed by atoms with Crippen LogP contribution in [0, 0.1) is 10.5 Å². The van der Waals surface area contributed by atoms with E-state index in [-0.39, 0.29) is 0 Å². The average Bonchev–Trinajstić information content (AvgIpc) is 1.64. The minimum absolute atomic E-state index is 1.09. The monoisotopic (exact) mass is 220 g/mol. The first-order valence-corrected chi connectivity index (χ1v) is 3.55. The maximum absolute atomic E-state index is 4.04. The quantitative estimate of drug-likeness (QED) is 0.454. The summed E-state index contributed by atoms with van der Waals surface area (Å²) < 4.78 is 1.29. The highest BCUT2D eigenvalue weighted by Gasteiger charge is 1.92. The fourth-order valence-electron chi connectivity index (χ4n) is 0.520. The predicted molar refractivity (Wildman–Crippen MR) is 29.1 cm³/mol. The van der Waals surface area contributed by atoms with Gasteiger partial charge in [0.1, 0.15) is 0 Å². The highest BCUT2D eigenvalue weighted by atomic mass is 127. The molecule has 42 valence electrons. The number of pyridine rings is 1. The van der Waals surface area contributed by atoms with Crippen molar-refractivity contribution in [3.05, 3.63) is 27.6 Å². The van der Waals surface area contributed by atoms with E-state index in [0.717, 1.165) is 5.69 Å². The van der Waals surface area contributed by atoms with Gasteiger partial charge in [-0.25, -0.2) is 0 Å². The number of halogens is 1. The molecule has 0 radical (unpaired) electrons. The van der Waals surface area contributed by atoms with E-state index in [1.807, 2.05) is 41.8 Å². The van der Waals surface area contributed by atoms with Gasteiger partial charge in [-0.05, 0) is 6.92 Å². The minimum Gasteiger partial charge on any atom is -0.261 e. The zero-order valence-electron chi connectivity index (χ0n) is 4.59. The third kappa shape index (κ3) is 1.43. The van der Waals surface area contributed by atoms with Crippen LogP contribution in [0.3, 0.4) is 0 Å². The lowest BCUT2D eigenvalue weighted by molar-refractivity contribution is -0.328. The van der Waals surface area contributed by atoms with Crippen LogP contribution < -0.4 is 22.6 Å². The summed E-state index contributed by atoms with van der Waals surface area (Å²) in [6.07, 6.45) is 1.83. The van der Waals surface area contributed by atoms with Gasteiger partial charge in [0.15, 0.2) is 3.57 Å². The van der Waals surface area contributed by atoms with Crippen LogP contribution in [0.2, 0.25) is 0 Å². The predicted octanol–water partition coefficient (Wildman–Crippen LogP) is -2.15. The molecule has 0 unspecified atom stereocenters. The second-order valence-electron chi connectivity index (χ2n) is 1.63. The Morgan fingerprint density at radius 3 is 2.75 bits per heavy atom. The Bertz CT molecular complexity index is 168. The molecule has 0 atom stereocenters. The summed E-state index contributed by atoms with van der Waals surface area (Å²) in [4.78, 5) is 4.04. The average molecular weight is 220 g/mol. The molecular formula is C6H7IN+. The number of aryl methyl sites for hydroxylation is 1. The maximum atomic E-state index is 4.04. The van der Waals surface area contributed by atoms with Gasteiger partial charge < -0.3 is 0 Å². The molecule has 0 aromatic carbocycles. The van der Waals surface area contributed by atoms with Gasteiger partial charge in [0, 0.05) is 24.0 Å². The first kappa shape index (κ1) is 6.01. The molecule has 2 heteroatoms. The summed E-state index contributed by atoms with van der Waals surface area (Å²) in [6.45, 7) is 1.99. The molecule has 0 saturated carbocycles. The van der Waals surface area contributed by atoms with Crippen LogP contribution in [0.4, 0.5) is 0 Å². The molecular weight excluding hydrogens is 213 g/mol. The van der Waals surface area contributed by atoms with E-state index < -0.39 is 0 Å². The molecule has 0 aliphatic carbocycles. The first-order valence-electron chi connectivity index (χ1n) is 2.39. The van der Waals surface area contributed by atoms with Gasteiger partial charge in [0.05, 0.1) is 0 Å². The number of hydrogen-bond donors (Lipinski definition) is 0. The topological polar surface area (TPSA) is 12.9 Å². The molecule has 0 fully saturated rings. The van der Waals surface area contributed by atoms with E-state index in [0.29, 0.717) is 0 Å². The Balaban J connectivity index is 3.08. The van der Waals surface area contributed by atoms with Crippen LogP contribution in [0.25, 0.3) is 0 Å². The molecule has 1 aromatic heterocycles. The van der Waals surface area contributed by atoms with E-state index in [9.17, 15) is 0 Å². The van der Waals surface area contributed by atoms with Gasteiger partial charge in [0.25, 0.3) is 22.6 Å². The minimum atomic E-state index is 1.09. The fraction of sp³-hybridized carbons (Fsp3) is 0.167. The molecule has 0 aliphatic rings. The van der Waals surface area contributed by atoms with Crippen molar-refractivity contribution in [1.82, 2.24) is 4.98 Å². The third-order valence-corrected chi connectivity index (χ3v) is 1.59. The molecule has 1 aromatic rings. The summed E-state index contributed by atoms with van der Waals surface area (Å²) in [7, 11) is 0. The number of hydrogen-bond acceptors (Lipinski definition) is 1. The Labute approximate surface area is 62.3 Å². The van der Waals surface area contributed by atoms with Crippen LogP contribution in [-0.4, -0.2) is 4.98 Å². The first-order chi connectivity index (χ1) is 3.79. The summed E-state index contributed by atoms with van der Waals surface area (Å²) >= 11 is 2.00. The van der Waals surface area contributed by atoms with Crippen molar-refractivity contribution in [3.63, 3.8) is 0 Å². The summed E-state index contributed by atoms with van der Waals surface area (Å²) in [5.41, 5.74) is 1.09. The smallest absolute Gasteiger partial charge is 0.261 e. The highest BCUT2D eigenvalue weighted by Crippen LogP contribution is 1.86. The van der Waals surface area contributed by atoms with Gasteiger partial charge in [-0.1, -0.05) is 0 Å². The van der Waals surface area contributed by atoms with Crippen molar-refractivity contribution in [3.8, 4) is 0 Å². The summed E-state index contributed by atoms with van der Waals surface area (Å²) in [6, 6.07) is 4.06. The molecule has 1 heterocycles. The van der Waals surface area contributed by atoms with Gasteiger partial charge in [0.2, 0.25) is 0 Å². The summed E-state index contributed by atoms with van der Waals surface area (Å²) in [5.74, 6) is 0. The molecule has 0 amide bonds. The third-order valence-electron chi connectivity index (χ3n) is 0.868. The van der Waals surface area contributed by atoms with Crippen molar-refractivity contribution in [2.75, 3.05) is 0 Å². The molecule has 1 rings (SSSR count). The van der Waals surface area contributed by atoms with Gasteiger partial charge >= 0.3 is 0 Å². The number of aromatic nitrogens is 1. The van der Waals surface area contributed by atoms with Crippen LogP contribution in [0.1, 0.15) is 5.69 Å². The molecule has 0 aliphatic heterocycles. The van der Waals surface area contributed by atoms with Crippen molar-refractivity contribution >= 4 is 0 Å². The molecule has 0 spiro atoms. The Morgan fingerprint density at radius 1 is 1.62 bits per heavy atom. The van der Waals surface area contributed by atoms with Crippen LogP contribution >= 0.6 is 0 Å². The van der Waals surface area contributed by atoms with Crippen molar-refractivity contribution in [2.45, 2.75) is 6.92 Å². The lowest BCUT2D eigenvalue weighted by atomic mass is 10.4. The van der Waals surface area contributed by atoms with Crippen molar-refractivity contribution in [2.24, 2.45) is 0 Å². The van der Waals surface area contributed by atoms with Gasteiger partial charge in [-0.3, -0.25) is 4.98 Å². The maximum Gasteiger partial charge on any atom is 0.296 e. The van der Waals surface area contributed by atoms with Crippen molar-refractivity contribution in [1.29, 1.82) is 0 Å². The normalized spacial score (nSPS) is 9.25. The highest BCUT2D eigenvalue weighted by molar-refractivity contribution is 4.99. The molecule has 0 bridgehead atoms. The largest absolute Gasteiger partial charge is 0.296 e. The lowest BCUT2D eigenvalue weighted by Gasteiger charge is -1.83. The molecule has 1 nitrogen and oxygen atoms in total. The Hall–Kier alpha value is -0.120. The fourth-order valence-corrected chi connectivity index (χ4v) is 1.18. The van der Waals surface area contributed by atoms with E-state index >= 15 is 0 Å². The second kappa shape index (κ2) is 2.44. The zero-order chi connectivity index (χ0) is 5.98. The summed E-state index contributed by atoms with van der Waals surface area (Å²) in [5, 5.41) is 0. The number of rotatable bonds is 0. The van der Waals surface area contributed by atoms with Gasteiger partial charge in [-0.15, -0.1) is 0 Å². The van der Waals surface area contributed by atoms with Crippen LogP contribution in [-0.2, 0) is 0 Å². The Morgan fingerprint density at radius 2 is 2.38 bits per heavy atom. The van der Waals surface area contributed by atoms with Crippen LogP contribution in [0.15, 0.2) is 18.3 Å². The van der Waals surface area contributed by atoms with Crippen LogP contribution in [0.5, 0.6) is 0 Å². The van der Waals surface area contributed by atoms with Gasteiger partial charge in [-0.2, -0.15) is 0 Å². The van der Waals surface area contributed by atoms with E-state index in [1.54, 1.807) is 0 Å². The molecule has 0 N–H and O–H groups in total. The standard InChI is InChI=1S/C6H7IN/c1-5-4-6(7)2-3-8-5/h2-4,7H,1H3/q+1. The lowest BCUT2D eigenvalue weighted by Crippen LogP contribution is -3.34. The molecule has 0 saturated heterocycles. The molecule has 8 heavy (non-hydrogen) atoms. The Kier molecular flexibility index (Phi) is 1.83. The van der Waals surface area contributed by atoms with Crippen molar-refractivity contribution < 1.29 is 22.6 Å².